The van der Waals surface area contributed by atoms with Gasteiger partial charge in [-0.1, -0.05) is 6.07 Å². The van der Waals surface area contributed by atoms with Gasteiger partial charge in [-0.2, -0.15) is 4.98 Å². The van der Waals surface area contributed by atoms with Gasteiger partial charge in [0.15, 0.2) is 0 Å². The highest BCUT2D eigenvalue weighted by atomic mass is 32.1. The average Bonchev–Trinajstić information content (AvgIpc) is 2.90. The molecule has 20 heavy (non-hydrogen) atoms. The van der Waals surface area contributed by atoms with Crippen molar-refractivity contribution in [3.05, 3.63) is 38.7 Å². The van der Waals surface area contributed by atoms with E-state index in [0.29, 0.717) is 0 Å². The van der Waals surface area contributed by atoms with Gasteiger partial charge in [-0.3, -0.25) is 10.1 Å². The van der Waals surface area contributed by atoms with Crippen molar-refractivity contribution in [3.8, 4) is 0 Å². The van der Waals surface area contributed by atoms with Crippen LogP contribution in [0.5, 0.6) is 0 Å². The molecule has 0 aliphatic heterocycles. The first kappa shape index (κ1) is 14.2. The second kappa shape index (κ2) is 5.83. The Bertz CT molecular complexity index is 602. The number of likely N-dealkylation sites (N-methyl/N-ethyl adjacent to an activating group) is 1. The summed E-state index contributed by atoms with van der Waals surface area (Å²) in [6, 6.07) is 4.08. The number of hydrogen-bond donors (Lipinski definition) is 1. The fraction of sp³-hybridized carbons (Fsp3) is 0.333. The van der Waals surface area contributed by atoms with E-state index in [9.17, 15) is 10.1 Å². The van der Waals surface area contributed by atoms with Gasteiger partial charge in [0, 0.05) is 24.4 Å². The molecule has 2 aromatic rings. The van der Waals surface area contributed by atoms with Crippen molar-refractivity contribution in [1.82, 2.24) is 9.97 Å². The summed E-state index contributed by atoms with van der Waals surface area (Å²) in [6.45, 7) is 1.99. The average molecular weight is 293 g/mol. The van der Waals surface area contributed by atoms with Gasteiger partial charge >= 0.3 is 5.69 Å². The SMILES string of the molecule is CC(Cc1cccs1)N(C)c1nc(N)ncc1[N+](=O)[O-]. The van der Waals surface area contributed by atoms with Crippen LogP contribution in [0.1, 0.15) is 11.8 Å². The Morgan fingerprint density at radius 1 is 1.60 bits per heavy atom. The quantitative estimate of drug-likeness (QED) is 0.669. The maximum absolute atomic E-state index is 11.0. The topological polar surface area (TPSA) is 98.2 Å². The van der Waals surface area contributed by atoms with Crippen molar-refractivity contribution in [2.45, 2.75) is 19.4 Å². The minimum absolute atomic E-state index is 0.0285. The van der Waals surface area contributed by atoms with Gasteiger partial charge in [0.25, 0.3) is 0 Å². The highest BCUT2D eigenvalue weighted by Crippen LogP contribution is 2.27. The molecule has 0 fully saturated rings. The smallest absolute Gasteiger partial charge is 0.329 e. The zero-order chi connectivity index (χ0) is 14.7. The van der Waals surface area contributed by atoms with E-state index < -0.39 is 4.92 Å². The number of aromatic nitrogens is 2. The van der Waals surface area contributed by atoms with E-state index in [1.54, 1.807) is 23.3 Å². The van der Waals surface area contributed by atoms with Crippen LogP contribution in [0.3, 0.4) is 0 Å². The molecule has 2 heterocycles. The van der Waals surface area contributed by atoms with Crippen LogP contribution in [0, 0.1) is 10.1 Å². The molecule has 2 rings (SSSR count). The lowest BCUT2D eigenvalue weighted by Crippen LogP contribution is -2.32. The van der Waals surface area contributed by atoms with Gasteiger partial charge in [-0.05, 0) is 18.4 Å². The van der Waals surface area contributed by atoms with Crippen LogP contribution in [-0.2, 0) is 6.42 Å². The van der Waals surface area contributed by atoms with Gasteiger partial charge < -0.3 is 10.6 Å². The summed E-state index contributed by atoms with van der Waals surface area (Å²) in [4.78, 5) is 21.2. The van der Waals surface area contributed by atoms with Crippen LogP contribution in [0.4, 0.5) is 17.5 Å². The number of nitrogen functional groups attached to an aromatic ring is 1. The lowest BCUT2D eigenvalue weighted by Gasteiger charge is -2.25. The Hall–Kier alpha value is -2.22. The highest BCUT2D eigenvalue weighted by Gasteiger charge is 2.23. The van der Waals surface area contributed by atoms with Gasteiger partial charge in [0.1, 0.15) is 6.20 Å². The maximum Gasteiger partial charge on any atom is 0.329 e. The summed E-state index contributed by atoms with van der Waals surface area (Å²) in [7, 11) is 1.77. The second-order valence-corrected chi connectivity index (χ2v) is 5.47. The van der Waals surface area contributed by atoms with Crippen LogP contribution < -0.4 is 10.6 Å². The molecule has 1 unspecified atom stereocenters. The largest absolute Gasteiger partial charge is 0.368 e. The molecule has 2 aromatic heterocycles. The molecule has 2 N–H and O–H groups in total. The third kappa shape index (κ3) is 3.02. The van der Waals surface area contributed by atoms with Crippen LogP contribution in [0.2, 0.25) is 0 Å². The predicted molar refractivity (Wildman–Crippen MR) is 79.0 cm³/mol. The summed E-state index contributed by atoms with van der Waals surface area (Å²) >= 11 is 1.66. The molecule has 7 nitrogen and oxygen atoms in total. The zero-order valence-corrected chi connectivity index (χ0v) is 12.0. The number of nitro groups is 1. The number of hydrogen-bond acceptors (Lipinski definition) is 7. The standard InChI is InChI=1S/C12H15N5O2S/c1-8(6-9-4-3-5-20-9)16(2)11-10(17(18)19)7-14-12(13)15-11/h3-5,7-8H,6H2,1-2H3,(H2,13,14,15). The fourth-order valence-electron chi connectivity index (χ4n) is 1.83. The molecule has 0 saturated heterocycles. The summed E-state index contributed by atoms with van der Waals surface area (Å²) in [5.41, 5.74) is 5.39. The Kier molecular flexibility index (Phi) is 4.14. The first-order valence-corrected chi connectivity index (χ1v) is 6.89. The Morgan fingerprint density at radius 2 is 2.35 bits per heavy atom. The van der Waals surface area contributed by atoms with E-state index in [4.69, 9.17) is 5.73 Å². The normalized spacial score (nSPS) is 12.1. The lowest BCUT2D eigenvalue weighted by molar-refractivity contribution is -0.384. The fourth-order valence-corrected chi connectivity index (χ4v) is 2.66. The van der Waals surface area contributed by atoms with Crippen LogP contribution in [0.15, 0.2) is 23.7 Å². The Morgan fingerprint density at radius 3 is 2.95 bits per heavy atom. The first-order chi connectivity index (χ1) is 9.49. The van der Waals surface area contributed by atoms with Crippen molar-refractivity contribution in [2.24, 2.45) is 0 Å². The summed E-state index contributed by atoms with van der Waals surface area (Å²) in [5.74, 6) is 0.271. The zero-order valence-electron chi connectivity index (χ0n) is 11.2. The van der Waals surface area contributed by atoms with Crippen molar-refractivity contribution >= 4 is 28.8 Å². The van der Waals surface area contributed by atoms with Gasteiger partial charge in [0.05, 0.1) is 4.92 Å². The van der Waals surface area contributed by atoms with Gasteiger partial charge in [-0.15, -0.1) is 11.3 Å². The van der Waals surface area contributed by atoms with Gasteiger partial charge in [-0.25, -0.2) is 4.98 Å². The minimum atomic E-state index is -0.497. The molecule has 0 amide bonds. The van der Waals surface area contributed by atoms with Crippen molar-refractivity contribution in [3.63, 3.8) is 0 Å². The molecule has 0 aliphatic rings. The second-order valence-electron chi connectivity index (χ2n) is 4.44. The maximum atomic E-state index is 11.0. The molecular formula is C12H15N5O2S. The Labute approximate surface area is 120 Å². The summed E-state index contributed by atoms with van der Waals surface area (Å²) in [5, 5.41) is 13.0. The van der Waals surface area contributed by atoms with Crippen LogP contribution >= 0.6 is 11.3 Å². The molecule has 0 aliphatic carbocycles. The Balaban J connectivity index is 2.25. The van der Waals surface area contributed by atoms with E-state index in [-0.39, 0.29) is 23.5 Å². The van der Waals surface area contributed by atoms with E-state index >= 15 is 0 Å². The minimum Gasteiger partial charge on any atom is -0.368 e. The molecule has 0 radical (unpaired) electrons. The first-order valence-electron chi connectivity index (χ1n) is 6.01. The van der Waals surface area contributed by atoms with E-state index in [1.807, 2.05) is 24.4 Å². The summed E-state index contributed by atoms with van der Waals surface area (Å²) < 4.78 is 0. The highest BCUT2D eigenvalue weighted by molar-refractivity contribution is 7.09. The van der Waals surface area contributed by atoms with Gasteiger partial charge in [0.2, 0.25) is 11.8 Å². The number of anilines is 2. The molecular weight excluding hydrogens is 278 g/mol. The van der Waals surface area contributed by atoms with E-state index in [1.165, 1.54) is 4.88 Å². The number of nitrogens with zero attached hydrogens (tertiary/aromatic N) is 4. The summed E-state index contributed by atoms with van der Waals surface area (Å²) in [6.07, 6.45) is 1.93. The molecule has 0 saturated carbocycles. The third-order valence-corrected chi connectivity index (χ3v) is 3.94. The molecule has 8 heteroatoms. The van der Waals surface area contributed by atoms with E-state index in [2.05, 4.69) is 9.97 Å². The number of nitrogens with two attached hydrogens (primary N) is 1. The molecule has 106 valence electrons. The molecule has 0 spiro atoms. The molecule has 0 bridgehead atoms. The van der Waals surface area contributed by atoms with Crippen LogP contribution in [0.25, 0.3) is 0 Å². The number of rotatable bonds is 5. The lowest BCUT2D eigenvalue weighted by atomic mass is 10.2. The molecule has 1 atom stereocenters. The predicted octanol–water partition coefficient (Wildman–Crippen LogP) is 2.10. The molecule has 0 aromatic carbocycles. The van der Waals surface area contributed by atoms with Crippen LogP contribution in [-0.4, -0.2) is 28.0 Å². The monoisotopic (exact) mass is 293 g/mol. The third-order valence-electron chi connectivity index (χ3n) is 3.04. The number of thiophene rings is 1. The van der Waals surface area contributed by atoms with Crippen molar-refractivity contribution in [1.29, 1.82) is 0 Å². The van der Waals surface area contributed by atoms with Crippen molar-refractivity contribution in [2.75, 3.05) is 17.7 Å². The van der Waals surface area contributed by atoms with Crippen molar-refractivity contribution < 1.29 is 4.92 Å². The van der Waals surface area contributed by atoms with E-state index in [0.717, 1.165) is 12.6 Å².